The zero-order valence-corrected chi connectivity index (χ0v) is 10.4. The Labute approximate surface area is 101 Å². The first kappa shape index (κ1) is 11.6. The summed E-state index contributed by atoms with van der Waals surface area (Å²) in [6.07, 6.45) is 0.103. The number of fused-ring (bicyclic) bond motifs is 1. The lowest BCUT2D eigenvalue weighted by Crippen LogP contribution is -2.06. The molecule has 2 N–H and O–H groups in total. The number of methoxy groups -OCH3 is 1. The predicted octanol–water partition coefficient (Wildman–Crippen LogP) is 3.22. The van der Waals surface area contributed by atoms with E-state index in [4.69, 9.17) is 15.2 Å². The highest BCUT2D eigenvalue weighted by molar-refractivity contribution is 5.95. The molecule has 0 unspecified atom stereocenters. The Morgan fingerprint density at radius 3 is 2.53 bits per heavy atom. The second-order valence-corrected chi connectivity index (χ2v) is 4.24. The van der Waals surface area contributed by atoms with E-state index in [-0.39, 0.29) is 6.10 Å². The molecule has 0 aliphatic heterocycles. The van der Waals surface area contributed by atoms with Gasteiger partial charge in [0.05, 0.1) is 13.2 Å². The van der Waals surface area contributed by atoms with E-state index in [0.29, 0.717) is 0 Å². The Bertz CT molecular complexity index is 535. The average Bonchev–Trinajstić information content (AvgIpc) is 2.29. The number of benzene rings is 2. The van der Waals surface area contributed by atoms with E-state index >= 15 is 0 Å². The topological polar surface area (TPSA) is 44.5 Å². The zero-order valence-electron chi connectivity index (χ0n) is 10.4. The van der Waals surface area contributed by atoms with Gasteiger partial charge in [-0.1, -0.05) is 12.1 Å². The normalized spacial score (nSPS) is 10.8. The van der Waals surface area contributed by atoms with Crippen molar-refractivity contribution in [3.63, 3.8) is 0 Å². The van der Waals surface area contributed by atoms with Gasteiger partial charge in [-0.25, -0.2) is 0 Å². The SMILES string of the molecule is COc1cc2cccc(N)c2cc1OC(C)C. The number of nitrogen functional groups attached to an aromatic ring is 1. The largest absolute Gasteiger partial charge is 0.493 e. The van der Waals surface area contributed by atoms with Gasteiger partial charge in [0.2, 0.25) is 0 Å². The van der Waals surface area contributed by atoms with Crippen LogP contribution in [0.4, 0.5) is 5.69 Å². The van der Waals surface area contributed by atoms with E-state index in [9.17, 15) is 0 Å². The monoisotopic (exact) mass is 231 g/mol. The third-order valence-electron chi connectivity index (χ3n) is 2.56. The first-order valence-electron chi connectivity index (χ1n) is 5.64. The molecule has 0 heterocycles. The summed E-state index contributed by atoms with van der Waals surface area (Å²) in [7, 11) is 1.64. The molecule has 3 heteroatoms. The van der Waals surface area contributed by atoms with Crippen molar-refractivity contribution >= 4 is 16.5 Å². The third-order valence-corrected chi connectivity index (χ3v) is 2.56. The van der Waals surface area contributed by atoms with Gasteiger partial charge in [-0.3, -0.25) is 0 Å². The summed E-state index contributed by atoms with van der Waals surface area (Å²) in [4.78, 5) is 0. The third kappa shape index (κ3) is 2.28. The molecule has 2 aromatic carbocycles. The van der Waals surface area contributed by atoms with Gasteiger partial charge >= 0.3 is 0 Å². The van der Waals surface area contributed by atoms with E-state index < -0.39 is 0 Å². The van der Waals surface area contributed by atoms with E-state index in [0.717, 1.165) is 28.0 Å². The van der Waals surface area contributed by atoms with Gasteiger partial charge in [0.1, 0.15) is 0 Å². The molecule has 0 saturated heterocycles. The minimum atomic E-state index is 0.103. The van der Waals surface area contributed by atoms with Gasteiger partial charge < -0.3 is 15.2 Å². The highest BCUT2D eigenvalue weighted by atomic mass is 16.5. The Balaban J connectivity index is 2.61. The van der Waals surface area contributed by atoms with Crippen LogP contribution in [0.5, 0.6) is 11.5 Å². The van der Waals surface area contributed by atoms with Crippen LogP contribution < -0.4 is 15.2 Å². The van der Waals surface area contributed by atoms with Crippen molar-refractivity contribution in [2.75, 3.05) is 12.8 Å². The van der Waals surface area contributed by atoms with Crippen molar-refractivity contribution in [2.24, 2.45) is 0 Å². The summed E-state index contributed by atoms with van der Waals surface area (Å²) >= 11 is 0. The average molecular weight is 231 g/mol. The van der Waals surface area contributed by atoms with Crippen LogP contribution in [0.2, 0.25) is 0 Å². The minimum absolute atomic E-state index is 0.103. The Hall–Kier alpha value is -1.90. The molecule has 0 bridgehead atoms. The van der Waals surface area contributed by atoms with Crippen LogP contribution in [-0.2, 0) is 0 Å². The molecule has 0 fully saturated rings. The molecule has 0 aliphatic carbocycles. The fourth-order valence-corrected chi connectivity index (χ4v) is 1.81. The van der Waals surface area contributed by atoms with Crippen LogP contribution in [-0.4, -0.2) is 13.2 Å². The molecule has 17 heavy (non-hydrogen) atoms. The standard InChI is InChI=1S/C14H17NO2/c1-9(2)17-14-8-11-10(7-13(14)16-3)5-4-6-12(11)15/h4-9H,15H2,1-3H3. The van der Waals surface area contributed by atoms with Crippen LogP contribution in [0.1, 0.15) is 13.8 Å². The second-order valence-electron chi connectivity index (χ2n) is 4.24. The molecule has 0 aliphatic rings. The van der Waals surface area contributed by atoms with Crippen LogP contribution in [0.25, 0.3) is 10.8 Å². The summed E-state index contributed by atoms with van der Waals surface area (Å²) in [6.45, 7) is 3.97. The van der Waals surface area contributed by atoms with E-state index in [1.807, 2.05) is 44.2 Å². The fourth-order valence-electron chi connectivity index (χ4n) is 1.81. The first-order valence-corrected chi connectivity index (χ1v) is 5.64. The van der Waals surface area contributed by atoms with Gasteiger partial charge in [0.25, 0.3) is 0 Å². The molecule has 0 atom stereocenters. The van der Waals surface area contributed by atoms with Gasteiger partial charge in [-0.05, 0) is 37.4 Å². The minimum Gasteiger partial charge on any atom is -0.493 e. The predicted molar refractivity (Wildman–Crippen MR) is 70.7 cm³/mol. The van der Waals surface area contributed by atoms with E-state index in [1.165, 1.54) is 0 Å². The molecule has 0 aromatic heterocycles. The molecule has 0 spiro atoms. The maximum absolute atomic E-state index is 5.95. The maximum atomic E-state index is 5.95. The quantitative estimate of drug-likeness (QED) is 0.825. The van der Waals surface area contributed by atoms with Crippen molar-refractivity contribution < 1.29 is 9.47 Å². The van der Waals surface area contributed by atoms with Gasteiger partial charge in [-0.15, -0.1) is 0 Å². The number of anilines is 1. The lowest BCUT2D eigenvalue weighted by molar-refractivity contribution is 0.230. The molecule has 3 nitrogen and oxygen atoms in total. The van der Waals surface area contributed by atoms with Crippen molar-refractivity contribution in [1.29, 1.82) is 0 Å². The zero-order chi connectivity index (χ0) is 12.4. The number of rotatable bonds is 3. The highest BCUT2D eigenvalue weighted by Gasteiger charge is 2.09. The van der Waals surface area contributed by atoms with Gasteiger partial charge in [-0.2, -0.15) is 0 Å². The number of ether oxygens (including phenoxy) is 2. The maximum Gasteiger partial charge on any atom is 0.162 e. The molecule has 0 saturated carbocycles. The van der Waals surface area contributed by atoms with Crippen molar-refractivity contribution in [3.05, 3.63) is 30.3 Å². The summed E-state index contributed by atoms with van der Waals surface area (Å²) < 4.78 is 11.0. The molecule has 2 rings (SSSR count). The lowest BCUT2D eigenvalue weighted by Gasteiger charge is -2.15. The Morgan fingerprint density at radius 2 is 1.88 bits per heavy atom. The van der Waals surface area contributed by atoms with Crippen LogP contribution in [0, 0.1) is 0 Å². The summed E-state index contributed by atoms with van der Waals surface area (Å²) in [5.41, 5.74) is 6.70. The summed E-state index contributed by atoms with van der Waals surface area (Å²) in [6, 6.07) is 9.70. The Kier molecular flexibility index (Phi) is 3.09. The molecule has 0 radical (unpaired) electrons. The number of nitrogens with two attached hydrogens (primary N) is 1. The van der Waals surface area contributed by atoms with Crippen LogP contribution in [0.15, 0.2) is 30.3 Å². The molecular weight excluding hydrogens is 214 g/mol. The summed E-state index contributed by atoms with van der Waals surface area (Å²) in [5, 5.41) is 2.04. The second kappa shape index (κ2) is 4.53. The Morgan fingerprint density at radius 1 is 1.12 bits per heavy atom. The lowest BCUT2D eigenvalue weighted by atomic mass is 10.1. The van der Waals surface area contributed by atoms with Crippen molar-refractivity contribution in [3.8, 4) is 11.5 Å². The molecule has 90 valence electrons. The smallest absolute Gasteiger partial charge is 0.162 e. The highest BCUT2D eigenvalue weighted by Crippen LogP contribution is 2.35. The van der Waals surface area contributed by atoms with Crippen LogP contribution >= 0.6 is 0 Å². The molecule has 0 amide bonds. The van der Waals surface area contributed by atoms with Gasteiger partial charge in [0, 0.05) is 11.1 Å². The van der Waals surface area contributed by atoms with E-state index in [1.54, 1.807) is 7.11 Å². The van der Waals surface area contributed by atoms with Crippen LogP contribution in [0.3, 0.4) is 0 Å². The molecule has 2 aromatic rings. The summed E-state index contributed by atoms with van der Waals surface area (Å²) in [5.74, 6) is 1.46. The first-order chi connectivity index (χ1) is 8.11. The molecular formula is C14H17NO2. The van der Waals surface area contributed by atoms with Gasteiger partial charge in [0.15, 0.2) is 11.5 Å². The van der Waals surface area contributed by atoms with E-state index in [2.05, 4.69) is 0 Å². The number of hydrogen-bond donors (Lipinski definition) is 1. The van der Waals surface area contributed by atoms with Crippen molar-refractivity contribution in [1.82, 2.24) is 0 Å². The number of hydrogen-bond acceptors (Lipinski definition) is 3. The van der Waals surface area contributed by atoms with Crippen molar-refractivity contribution in [2.45, 2.75) is 20.0 Å². The fraction of sp³-hybridized carbons (Fsp3) is 0.286.